The van der Waals surface area contributed by atoms with Gasteiger partial charge >= 0.3 is 37.7 Å². The van der Waals surface area contributed by atoms with E-state index < -0.39 is 0 Å². The van der Waals surface area contributed by atoms with Crippen molar-refractivity contribution < 1.29 is 4.28 Å². The van der Waals surface area contributed by atoms with Crippen LogP contribution in [0.15, 0.2) is 0 Å². The molecule has 0 atom stereocenters. The van der Waals surface area contributed by atoms with E-state index in [2.05, 4.69) is 0 Å². The Morgan fingerprint density at radius 3 is 2.25 bits per heavy atom. The quantitative estimate of drug-likeness (QED) is 0.395. The van der Waals surface area contributed by atoms with Crippen molar-refractivity contribution in [1.29, 1.82) is 5.26 Å². The Morgan fingerprint density at radius 1 is 2.25 bits per heavy atom. The largest absolute Gasteiger partial charge is 2.00 e. The summed E-state index contributed by atoms with van der Waals surface area (Å²) in [6.45, 7) is 1.43. The molecule has 0 aromatic rings. The first-order chi connectivity index (χ1) is 1.41. The number of rotatable bonds is 0. The molecule has 0 amide bonds. The maximum absolute atomic E-state index is 7.32. The maximum atomic E-state index is 7.32. The van der Waals surface area contributed by atoms with Gasteiger partial charge < -0.3 is 2.85 Å². The Labute approximate surface area is 60.1 Å². The van der Waals surface area contributed by atoms with Gasteiger partial charge in [0.05, 0.1) is 6.07 Å². The molecule has 0 saturated carbocycles. The monoisotopic (exact) mass is 85.0 g/mol. The van der Waals surface area contributed by atoms with E-state index in [9.17, 15) is 0 Å². The molecule has 0 aromatic heterocycles. The summed E-state index contributed by atoms with van der Waals surface area (Å²) in [7, 11) is 0. The molecule has 0 spiro atoms. The minimum Gasteiger partial charge on any atom is -1.00 e. The van der Waals surface area contributed by atoms with E-state index in [1.165, 1.54) is 6.92 Å². The Hall–Kier alpha value is 0.750. The molecule has 0 N–H and O–H groups in total. The smallest absolute Gasteiger partial charge is 1.00 e. The Kier molecular flexibility index (Phi) is 20.4. The first-order valence-corrected chi connectivity index (χ1v) is 0.724. The van der Waals surface area contributed by atoms with Crippen LogP contribution in [-0.2, 0) is 0 Å². The van der Waals surface area contributed by atoms with E-state index in [-0.39, 0.29) is 42.0 Å². The van der Waals surface area contributed by atoms with Crippen LogP contribution in [0.1, 0.15) is 11.2 Å². The molecule has 0 aromatic carbocycles. The second-order valence-corrected chi connectivity index (χ2v) is 0.224. The normalized spacial score (nSPS) is 2.00. The molecule has 0 radical (unpaired) electrons. The van der Waals surface area contributed by atoms with Crippen molar-refractivity contribution in [3.63, 3.8) is 0 Å². The Morgan fingerprint density at radius 2 is 2.25 bits per heavy atom. The summed E-state index contributed by atoms with van der Waals surface area (Å²) < 4.78 is 0. The zero-order valence-electron chi connectivity index (χ0n) is 4.65. The molecule has 0 aliphatic rings. The summed E-state index contributed by atoms with van der Waals surface area (Å²) in [5, 5.41) is 7.32. The summed E-state index contributed by atoms with van der Waals surface area (Å²) in [6, 6.07) is 1.75. The predicted octanol–water partition coefficient (Wildman–Crippen LogP) is 0.620. The molecule has 0 fully saturated rings. The van der Waals surface area contributed by atoms with Crippen LogP contribution in [0.4, 0.5) is 0 Å². The van der Waals surface area contributed by atoms with Crippen LogP contribution in [0.2, 0.25) is 0 Å². The third-order valence-electron chi connectivity index (χ3n) is 0. The molecule has 0 bridgehead atoms. The van der Waals surface area contributed by atoms with Crippen LogP contribution in [0.5, 0.6) is 0 Å². The Bertz CT molecular complexity index is 34.4. The van der Waals surface area contributed by atoms with Crippen molar-refractivity contribution in [2.24, 2.45) is 0 Å². The van der Waals surface area contributed by atoms with Gasteiger partial charge in [0.25, 0.3) is 0 Å². The molecule has 2 heteroatoms. The zero-order valence-corrected chi connectivity index (χ0v) is 4.86. The topological polar surface area (TPSA) is 23.8 Å². The van der Waals surface area contributed by atoms with Gasteiger partial charge in [-0.05, 0) is 0 Å². The molecule has 0 saturated heterocycles. The van der Waals surface area contributed by atoms with Gasteiger partial charge in [-0.1, -0.05) is 0 Å². The van der Waals surface area contributed by atoms with Crippen molar-refractivity contribution in [1.82, 2.24) is 0 Å². The molecule has 0 aliphatic carbocycles. The van der Waals surface area contributed by atoms with Crippen LogP contribution in [0.3, 0.4) is 0 Å². The zero-order chi connectivity index (χ0) is 2.71. The van der Waals surface area contributed by atoms with Gasteiger partial charge in [0, 0.05) is 8.35 Å². The number of hydrogen-bond donors (Lipinski definition) is 0. The fourth-order valence-corrected chi connectivity index (χ4v) is 0. The van der Waals surface area contributed by atoms with Crippen LogP contribution < -0.4 is 0 Å². The first-order valence-electron chi connectivity index (χ1n) is 0.724. The summed E-state index contributed by atoms with van der Waals surface area (Å²) in [5.41, 5.74) is 0. The van der Waals surface area contributed by atoms with Gasteiger partial charge in [0.1, 0.15) is 0 Å². The van der Waals surface area contributed by atoms with Crippen molar-refractivity contribution >= 4 is 37.7 Å². The molecule has 1 nitrogen and oxygen atoms in total. The van der Waals surface area contributed by atoms with Gasteiger partial charge in [-0.25, -0.2) is 0 Å². The van der Waals surface area contributed by atoms with Crippen LogP contribution in [0.25, 0.3) is 0 Å². The molecule has 4 heavy (non-hydrogen) atoms. The van der Waals surface area contributed by atoms with Crippen LogP contribution >= 0.6 is 0 Å². The van der Waals surface area contributed by atoms with E-state index in [0.717, 1.165) is 0 Å². The standard InChI is InChI=1S/C2H3N.Ca.H2.2H/c1-2-3;;;;/h1H3;;1H;;/q;+2;;2*-1. The van der Waals surface area contributed by atoms with Crippen molar-refractivity contribution in [3.8, 4) is 6.07 Å². The number of nitrogens with zero attached hydrogens (tertiary/aromatic N) is 1. The van der Waals surface area contributed by atoms with E-state index in [1.807, 2.05) is 0 Å². The van der Waals surface area contributed by atoms with E-state index in [0.29, 0.717) is 0 Å². The molecule has 22 valence electrons. The summed E-state index contributed by atoms with van der Waals surface area (Å²) >= 11 is 0. The van der Waals surface area contributed by atoms with Crippen molar-refractivity contribution in [3.05, 3.63) is 0 Å². The van der Waals surface area contributed by atoms with Gasteiger partial charge in [-0.2, -0.15) is 5.26 Å². The second kappa shape index (κ2) is 9.26. The Balaban J connectivity index is -0.00000000333. The molecule has 0 unspecified atom stereocenters. The fourth-order valence-electron chi connectivity index (χ4n) is 0. The molecule has 0 rings (SSSR count). The van der Waals surface area contributed by atoms with Crippen molar-refractivity contribution in [2.45, 2.75) is 6.92 Å². The average molecular weight is 85.2 g/mol. The first kappa shape index (κ1) is 8.83. The maximum Gasteiger partial charge on any atom is 2.00 e. The molecular formula is C2H7CaN. The minimum atomic E-state index is 0. The van der Waals surface area contributed by atoms with E-state index in [1.54, 1.807) is 6.07 Å². The van der Waals surface area contributed by atoms with Crippen LogP contribution in [0, 0.1) is 11.3 Å². The third-order valence-corrected chi connectivity index (χ3v) is 0. The SMILES string of the molecule is CC#N.[Ca+2].[H-].[H-].[HH]. The average Bonchev–Trinajstić information content (AvgIpc) is 0.918. The number of hydrogen-bond acceptors (Lipinski definition) is 1. The van der Waals surface area contributed by atoms with Crippen LogP contribution in [-0.4, -0.2) is 37.7 Å². The molecule has 0 aliphatic heterocycles. The van der Waals surface area contributed by atoms with E-state index >= 15 is 0 Å². The number of nitriles is 1. The summed E-state index contributed by atoms with van der Waals surface area (Å²) in [6.07, 6.45) is 0. The minimum absolute atomic E-state index is 0. The predicted molar refractivity (Wildman–Crippen MR) is 21.4 cm³/mol. The molecular weight excluding hydrogens is 78.1 g/mol. The summed E-state index contributed by atoms with van der Waals surface area (Å²) in [4.78, 5) is 0. The van der Waals surface area contributed by atoms with Gasteiger partial charge in [-0.15, -0.1) is 0 Å². The third kappa shape index (κ3) is 15.0. The van der Waals surface area contributed by atoms with Gasteiger partial charge in [-0.3, -0.25) is 0 Å². The van der Waals surface area contributed by atoms with Gasteiger partial charge in [0.2, 0.25) is 0 Å². The van der Waals surface area contributed by atoms with E-state index in [4.69, 9.17) is 5.26 Å². The van der Waals surface area contributed by atoms with Gasteiger partial charge in [0.15, 0.2) is 0 Å². The molecule has 0 heterocycles. The fraction of sp³-hybridized carbons (Fsp3) is 0.500. The summed E-state index contributed by atoms with van der Waals surface area (Å²) in [5.74, 6) is 0. The second-order valence-electron chi connectivity index (χ2n) is 0.224. The van der Waals surface area contributed by atoms with Crippen molar-refractivity contribution in [2.75, 3.05) is 0 Å².